The van der Waals surface area contributed by atoms with Crippen molar-refractivity contribution in [3.05, 3.63) is 68.4 Å². The highest BCUT2D eigenvalue weighted by atomic mass is 32.2. The van der Waals surface area contributed by atoms with E-state index in [1.165, 1.54) is 50.2 Å². The van der Waals surface area contributed by atoms with Crippen LogP contribution in [0.15, 0.2) is 52.3 Å². The van der Waals surface area contributed by atoms with E-state index in [9.17, 15) is 18.8 Å². The molecule has 3 atom stereocenters. The van der Waals surface area contributed by atoms with E-state index in [1.807, 2.05) is 6.07 Å². The number of ether oxygens (including phenoxy) is 2. The molecule has 7 nitrogen and oxygen atoms in total. The van der Waals surface area contributed by atoms with Crippen molar-refractivity contribution in [3.8, 4) is 11.5 Å². The molecule has 1 fully saturated rings. The molecular formula is C22H17FN2O5S2. The van der Waals surface area contributed by atoms with E-state index < -0.39 is 22.9 Å². The van der Waals surface area contributed by atoms with Gasteiger partial charge in [-0.05, 0) is 42.0 Å². The number of benzene rings is 2. The summed E-state index contributed by atoms with van der Waals surface area (Å²) in [5.74, 6) is -1.47. The van der Waals surface area contributed by atoms with Gasteiger partial charge in [-0.15, -0.1) is 0 Å². The van der Waals surface area contributed by atoms with Gasteiger partial charge < -0.3 is 14.5 Å². The molecule has 0 unspecified atom stereocenters. The second-order valence-corrected chi connectivity index (χ2v) is 9.52. The van der Waals surface area contributed by atoms with Crippen molar-refractivity contribution in [2.24, 2.45) is 5.92 Å². The Balaban J connectivity index is 1.65. The second kappa shape index (κ2) is 7.79. The number of nitrogens with zero attached hydrogens (tertiary/aromatic N) is 1. The number of nitrogens with one attached hydrogen (secondary N) is 1. The van der Waals surface area contributed by atoms with E-state index in [0.29, 0.717) is 27.1 Å². The molecule has 3 heterocycles. The Kier molecular flexibility index (Phi) is 5.06. The summed E-state index contributed by atoms with van der Waals surface area (Å²) in [5.41, 5.74) is 1.05. The number of carbonyl (C=O) groups is 2. The summed E-state index contributed by atoms with van der Waals surface area (Å²) in [5, 5.41) is -0.133. The molecule has 0 radical (unpaired) electrons. The highest BCUT2D eigenvalue weighted by Gasteiger charge is 2.56. The average Bonchev–Trinajstić information content (AvgIpc) is 3.28. The van der Waals surface area contributed by atoms with E-state index in [1.54, 1.807) is 12.1 Å². The lowest BCUT2D eigenvalue weighted by Gasteiger charge is -2.30. The molecule has 2 aliphatic heterocycles. The van der Waals surface area contributed by atoms with Crippen LogP contribution in [0.1, 0.15) is 16.4 Å². The van der Waals surface area contributed by atoms with Crippen LogP contribution in [0, 0.1) is 11.7 Å². The summed E-state index contributed by atoms with van der Waals surface area (Å²) in [6.07, 6.45) is 0. The van der Waals surface area contributed by atoms with Crippen molar-refractivity contribution in [2.75, 3.05) is 19.1 Å². The lowest BCUT2D eigenvalue weighted by atomic mass is 9.83. The first-order chi connectivity index (χ1) is 15.4. The Hall–Kier alpha value is -3.11. The summed E-state index contributed by atoms with van der Waals surface area (Å²) in [7, 11) is 3.04. The third-order valence-corrected chi connectivity index (χ3v) is 8.08. The molecule has 1 saturated heterocycles. The highest BCUT2D eigenvalue weighted by Crippen LogP contribution is 2.53. The number of anilines is 1. The van der Waals surface area contributed by atoms with Gasteiger partial charge in [0.2, 0.25) is 11.8 Å². The standard InChI is InChI=1S/C22H17FN2O5S2/c1-29-13-8-3-10(9-14(13)30-2)15-16-18(31-19-17(15)32-22(28)24-19)21(27)25(20(16)26)12-6-4-11(23)5-7-12/h3-9,15-16,18H,1-2H3,(H,24,28)/t15-,16-,18+/m0/s1. The molecule has 0 spiro atoms. The molecule has 5 rings (SSSR count). The smallest absolute Gasteiger partial charge is 0.305 e. The summed E-state index contributed by atoms with van der Waals surface area (Å²) < 4.78 is 24.2. The minimum absolute atomic E-state index is 0.247. The summed E-state index contributed by atoms with van der Waals surface area (Å²) in [4.78, 5) is 43.4. The number of imide groups is 1. The average molecular weight is 473 g/mol. The number of carbonyl (C=O) groups excluding carboxylic acids is 2. The van der Waals surface area contributed by atoms with Crippen LogP contribution in [0.3, 0.4) is 0 Å². The molecule has 1 aromatic heterocycles. The normalized spacial score (nSPS) is 22.0. The van der Waals surface area contributed by atoms with Gasteiger partial charge in [0.1, 0.15) is 11.1 Å². The second-order valence-electron chi connectivity index (χ2n) is 7.35. The van der Waals surface area contributed by atoms with Crippen LogP contribution in [0.5, 0.6) is 11.5 Å². The number of fused-ring (bicyclic) bond motifs is 2. The fourth-order valence-corrected chi connectivity index (χ4v) is 6.78. The fourth-order valence-electron chi connectivity index (χ4n) is 4.27. The molecule has 2 aromatic carbocycles. The van der Waals surface area contributed by atoms with E-state index in [0.717, 1.165) is 21.8 Å². The first-order valence-corrected chi connectivity index (χ1v) is 11.4. The molecule has 10 heteroatoms. The number of aromatic nitrogens is 1. The van der Waals surface area contributed by atoms with Gasteiger partial charge in [-0.3, -0.25) is 14.4 Å². The van der Waals surface area contributed by atoms with Crippen molar-refractivity contribution in [2.45, 2.75) is 16.2 Å². The number of thioether (sulfide) groups is 1. The number of hydrogen-bond acceptors (Lipinski definition) is 7. The van der Waals surface area contributed by atoms with Gasteiger partial charge in [-0.1, -0.05) is 29.2 Å². The molecular weight excluding hydrogens is 455 g/mol. The molecule has 0 saturated carbocycles. The Morgan fingerprint density at radius 2 is 1.69 bits per heavy atom. The van der Waals surface area contributed by atoms with Gasteiger partial charge in [0, 0.05) is 10.8 Å². The van der Waals surface area contributed by atoms with Crippen LogP contribution >= 0.6 is 23.1 Å². The maximum absolute atomic E-state index is 13.6. The SMILES string of the molecule is COc1ccc([C@@H]2c3sc(=O)[nH]c3S[C@H]3C(=O)N(c4ccc(F)cc4)C(=O)[C@@H]23)cc1OC. The predicted molar refractivity (Wildman–Crippen MR) is 118 cm³/mol. The number of hydrogen-bond donors (Lipinski definition) is 1. The Bertz CT molecular complexity index is 1290. The largest absolute Gasteiger partial charge is 0.493 e. The molecule has 0 bridgehead atoms. The summed E-state index contributed by atoms with van der Waals surface area (Å²) in [6.45, 7) is 0. The minimum Gasteiger partial charge on any atom is -0.493 e. The number of thiazole rings is 1. The maximum Gasteiger partial charge on any atom is 0.305 e. The van der Waals surface area contributed by atoms with Crippen LogP contribution in [-0.4, -0.2) is 36.3 Å². The molecule has 2 aliphatic rings. The highest BCUT2D eigenvalue weighted by molar-refractivity contribution is 8.00. The number of amides is 2. The zero-order chi connectivity index (χ0) is 22.6. The quantitative estimate of drug-likeness (QED) is 0.586. The van der Waals surface area contributed by atoms with Crippen molar-refractivity contribution < 1.29 is 23.5 Å². The van der Waals surface area contributed by atoms with Crippen LogP contribution in [0.2, 0.25) is 0 Å². The lowest BCUT2D eigenvalue weighted by molar-refractivity contribution is -0.122. The first-order valence-electron chi connectivity index (χ1n) is 9.68. The zero-order valence-corrected chi connectivity index (χ0v) is 18.6. The topological polar surface area (TPSA) is 88.7 Å². The molecule has 1 N–H and O–H groups in total. The van der Waals surface area contributed by atoms with Crippen molar-refractivity contribution in [1.82, 2.24) is 4.98 Å². The Morgan fingerprint density at radius 1 is 0.969 bits per heavy atom. The monoisotopic (exact) mass is 472 g/mol. The molecule has 3 aromatic rings. The van der Waals surface area contributed by atoms with Crippen LogP contribution < -0.4 is 19.2 Å². The molecule has 164 valence electrons. The lowest BCUT2D eigenvalue weighted by Crippen LogP contribution is -2.32. The van der Waals surface area contributed by atoms with Gasteiger partial charge in [-0.2, -0.15) is 0 Å². The number of rotatable bonds is 4. The van der Waals surface area contributed by atoms with E-state index in [-0.39, 0.29) is 16.7 Å². The maximum atomic E-state index is 13.6. The van der Waals surface area contributed by atoms with Gasteiger partial charge in [-0.25, -0.2) is 9.29 Å². The van der Waals surface area contributed by atoms with E-state index in [2.05, 4.69) is 4.98 Å². The first kappa shape index (κ1) is 20.8. The van der Waals surface area contributed by atoms with Gasteiger partial charge in [0.25, 0.3) is 0 Å². The van der Waals surface area contributed by atoms with Crippen molar-refractivity contribution in [3.63, 3.8) is 0 Å². The van der Waals surface area contributed by atoms with Gasteiger partial charge in [0.15, 0.2) is 11.5 Å². The minimum atomic E-state index is -0.727. The van der Waals surface area contributed by atoms with Crippen LogP contribution in [-0.2, 0) is 9.59 Å². The van der Waals surface area contributed by atoms with Crippen LogP contribution in [0.25, 0.3) is 0 Å². The van der Waals surface area contributed by atoms with Crippen molar-refractivity contribution >= 4 is 40.6 Å². The summed E-state index contributed by atoms with van der Waals surface area (Å²) >= 11 is 2.22. The molecule has 0 aliphatic carbocycles. The van der Waals surface area contributed by atoms with Crippen LogP contribution in [0.4, 0.5) is 10.1 Å². The van der Waals surface area contributed by atoms with E-state index in [4.69, 9.17) is 9.47 Å². The number of halogens is 1. The Labute approximate surface area is 190 Å². The Morgan fingerprint density at radius 3 is 2.38 bits per heavy atom. The van der Waals surface area contributed by atoms with Gasteiger partial charge >= 0.3 is 4.87 Å². The van der Waals surface area contributed by atoms with Gasteiger partial charge in [0.05, 0.1) is 30.9 Å². The molecule has 2 amide bonds. The number of methoxy groups -OCH3 is 2. The number of H-pyrrole nitrogens is 1. The zero-order valence-electron chi connectivity index (χ0n) is 17.0. The third-order valence-electron chi connectivity index (χ3n) is 5.68. The number of aromatic amines is 1. The predicted octanol–water partition coefficient (Wildman–Crippen LogP) is 3.39. The summed E-state index contributed by atoms with van der Waals surface area (Å²) in [6, 6.07) is 10.6. The molecule has 32 heavy (non-hydrogen) atoms. The van der Waals surface area contributed by atoms with Crippen molar-refractivity contribution in [1.29, 1.82) is 0 Å². The third kappa shape index (κ3) is 3.13. The van der Waals surface area contributed by atoms with E-state index >= 15 is 0 Å². The fraction of sp³-hybridized carbons (Fsp3) is 0.227.